The van der Waals surface area contributed by atoms with Crippen molar-refractivity contribution in [2.75, 3.05) is 11.5 Å². The van der Waals surface area contributed by atoms with E-state index in [4.69, 9.17) is 11.6 Å². The SMILES string of the molecule is CCS(=O)(=O)CCn1nc(C2CCCC2)c(C=O)c1Cl. The number of nitrogens with zero attached hydrogens (tertiary/aromatic N) is 2. The molecule has 0 radical (unpaired) electrons. The zero-order chi connectivity index (χ0) is 14.8. The fraction of sp³-hybridized carbons (Fsp3) is 0.692. The molecule has 1 saturated carbocycles. The molecule has 0 bridgehead atoms. The van der Waals surface area contributed by atoms with Gasteiger partial charge in [-0.25, -0.2) is 8.42 Å². The predicted octanol–water partition coefficient (Wildman–Crippen LogP) is 2.44. The fourth-order valence-electron chi connectivity index (χ4n) is 2.60. The third-order valence-electron chi connectivity index (χ3n) is 3.87. The molecule has 0 saturated heterocycles. The number of aryl methyl sites for hydroxylation is 1. The highest BCUT2D eigenvalue weighted by Crippen LogP contribution is 2.36. The van der Waals surface area contributed by atoms with Crippen LogP contribution < -0.4 is 0 Å². The van der Waals surface area contributed by atoms with Crippen LogP contribution in [0.1, 0.15) is 54.6 Å². The van der Waals surface area contributed by atoms with E-state index in [1.165, 1.54) is 4.68 Å². The molecular formula is C13H19ClN2O3S. The monoisotopic (exact) mass is 318 g/mol. The van der Waals surface area contributed by atoms with Crippen LogP contribution in [0, 0.1) is 0 Å². The first-order valence-corrected chi connectivity index (χ1v) is 9.10. The minimum atomic E-state index is -3.07. The zero-order valence-electron chi connectivity index (χ0n) is 11.5. The highest BCUT2D eigenvalue weighted by Gasteiger charge is 2.26. The molecule has 1 aromatic rings. The van der Waals surface area contributed by atoms with Gasteiger partial charge in [0, 0.05) is 11.7 Å². The molecule has 2 rings (SSSR count). The van der Waals surface area contributed by atoms with Crippen molar-refractivity contribution in [3.05, 3.63) is 16.4 Å². The molecular weight excluding hydrogens is 300 g/mol. The van der Waals surface area contributed by atoms with Gasteiger partial charge in [0.1, 0.15) is 5.15 Å². The van der Waals surface area contributed by atoms with Gasteiger partial charge in [-0.05, 0) is 12.8 Å². The maximum Gasteiger partial charge on any atom is 0.155 e. The third-order valence-corrected chi connectivity index (χ3v) is 5.95. The first-order valence-electron chi connectivity index (χ1n) is 6.90. The van der Waals surface area contributed by atoms with Crippen LogP contribution in [0.4, 0.5) is 0 Å². The van der Waals surface area contributed by atoms with Crippen LogP contribution in [0.2, 0.25) is 5.15 Å². The second-order valence-corrected chi connectivity index (χ2v) is 7.98. The summed E-state index contributed by atoms with van der Waals surface area (Å²) in [7, 11) is -3.07. The maximum atomic E-state index is 11.5. The molecule has 1 heterocycles. The quantitative estimate of drug-likeness (QED) is 0.755. The number of carbonyl (C=O) groups is 1. The Labute approximate surface area is 124 Å². The fourth-order valence-corrected chi connectivity index (χ4v) is 3.60. The first-order chi connectivity index (χ1) is 9.48. The van der Waals surface area contributed by atoms with Crippen molar-refractivity contribution in [3.63, 3.8) is 0 Å². The molecule has 1 aliphatic rings. The topological polar surface area (TPSA) is 69.0 Å². The minimum absolute atomic E-state index is 0.00664. The number of aldehydes is 1. The van der Waals surface area contributed by atoms with E-state index in [1.807, 2.05) is 0 Å². The summed E-state index contributed by atoms with van der Waals surface area (Å²) in [6, 6.07) is 0. The molecule has 1 fully saturated rings. The highest BCUT2D eigenvalue weighted by atomic mass is 35.5. The lowest BCUT2D eigenvalue weighted by molar-refractivity contribution is 0.112. The minimum Gasteiger partial charge on any atom is -0.298 e. The number of halogens is 1. The standard InChI is InChI=1S/C13H19ClN2O3S/c1-2-20(18,19)8-7-16-13(14)11(9-17)12(15-16)10-5-3-4-6-10/h9-10H,2-8H2,1H3. The summed E-state index contributed by atoms with van der Waals surface area (Å²) >= 11 is 6.15. The maximum absolute atomic E-state index is 11.5. The Morgan fingerprint density at radius 3 is 2.60 bits per heavy atom. The number of hydrogen-bond acceptors (Lipinski definition) is 4. The Kier molecular flexibility index (Phi) is 4.86. The summed E-state index contributed by atoms with van der Waals surface area (Å²) < 4.78 is 24.5. The van der Waals surface area contributed by atoms with Crippen molar-refractivity contribution in [1.82, 2.24) is 9.78 Å². The van der Waals surface area contributed by atoms with Crippen LogP contribution in [-0.4, -0.2) is 36.0 Å². The number of hydrogen-bond donors (Lipinski definition) is 0. The summed E-state index contributed by atoms with van der Waals surface area (Å²) in [4.78, 5) is 11.2. The largest absolute Gasteiger partial charge is 0.298 e. The summed E-state index contributed by atoms with van der Waals surface area (Å²) in [5.74, 6) is 0.367. The third kappa shape index (κ3) is 3.23. The van der Waals surface area contributed by atoms with Gasteiger partial charge in [0.2, 0.25) is 0 Å². The van der Waals surface area contributed by atoms with Gasteiger partial charge in [-0.15, -0.1) is 0 Å². The average Bonchev–Trinajstić information content (AvgIpc) is 3.04. The first kappa shape index (κ1) is 15.5. The Morgan fingerprint density at radius 1 is 1.40 bits per heavy atom. The van der Waals surface area contributed by atoms with E-state index in [9.17, 15) is 13.2 Å². The van der Waals surface area contributed by atoms with Gasteiger partial charge < -0.3 is 0 Å². The lowest BCUT2D eigenvalue weighted by Gasteiger charge is -2.05. The summed E-state index contributed by atoms with van der Waals surface area (Å²) in [5, 5.41) is 4.65. The molecule has 1 aromatic heterocycles. The summed E-state index contributed by atoms with van der Waals surface area (Å²) in [6.45, 7) is 1.81. The lowest BCUT2D eigenvalue weighted by atomic mass is 10.0. The highest BCUT2D eigenvalue weighted by molar-refractivity contribution is 7.91. The number of sulfone groups is 1. The Hall–Kier alpha value is -0.880. The van der Waals surface area contributed by atoms with Crippen LogP contribution in [0.25, 0.3) is 0 Å². The van der Waals surface area contributed by atoms with Crippen molar-refractivity contribution in [2.24, 2.45) is 0 Å². The molecule has 0 spiro atoms. The Balaban J connectivity index is 2.23. The van der Waals surface area contributed by atoms with E-state index in [2.05, 4.69) is 5.10 Å². The Morgan fingerprint density at radius 2 is 2.05 bits per heavy atom. The summed E-state index contributed by atoms with van der Waals surface area (Å²) in [5.41, 5.74) is 1.16. The van der Waals surface area contributed by atoms with Gasteiger partial charge in [-0.2, -0.15) is 5.10 Å². The molecule has 0 amide bonds. The molecule has 0 unspecified atom stereocenters. The van der Waals surface area contributed by atoms with Gasteiger partial charge in [0.05, 0.1) is 23.6 Å². The van der Waals surface area contributed by atoms with E-state index < -0.39 is 9.84 Å². The Bertz CT molecular complexity index is 589. The van der Waals surface area contributed by atoms with Crippen LogP contribution >= 0.6 is 11.6 Å². The second-order valence-electron chi connectivity index (χ2n) is 5.15. The van der Waals surface area contributed by atoms with Crippen LogP contribution in [0.3, 0.4) is 0 Å². The van der Waals surface area contributed by atoms with E-state index in [0.717, 1.165) is 37.7 Å². The van der Waals surface area contributed by atoms with E-state index in [1.54, 1.807) is 6.92 Å². The van der Waals surface area contributed by atoms with Crippen molar-refractivity contribution >= 4 is 27.7 Å². The van der Waals surface area contributed by atoms with Gasteiger partial charge in [-0.3, -0.25) is 9.48 Å². The molecule has 7 heteroatoms. The van der Waals surface area contributed by atoms with Crippen molar-refractivity contribution in [2.45, 2.75) is 45.1 Å². The number of carbonyl (C=O) groups excluding carboxylic acids is 1. The van der Waals surface area contributed by atoms with E-state index in [-0.39, 0.29) is 29.1 Å². The molecule has 0 aromatic carbocycles. The summed E-state index contributed by atoms with van der Waals surface area (Å²) in [6.07, 6.45) is 5.03. The molecule has 0 aliphatic heterocycles. The van der Waals surface area contributed by atoms with Crippen LogP contribution in [0.5, 0.6) is 0 Å². The lowest BCUT2D eigenvalue weighted by Crippen LogP contribution is -2.15. The van der Waals surface area contributed by atoms with E-state index in [0.29, 0.717) is 5.56 Å². The van der Waals surface area contributed by atoms with Gasteiger partial charge in [0.25, 0.3) is 0 Å². The second kappa shape index (κ2) is 6.26. The zero-order valence-corrected chi connectivity index (χ0v) is 13.1. The van der Waals surface area contributed by atoms with E-state index >= 15 is 0 Å². The van der Waals surface area contributed by atoms with Crippen LogP contribution in [-0.2, 0) is 16.4 Å². The predicted molar refractivity (Wildman–Crippen MR) is 78.2 cm³/mol. The molecule has 20 heavy (non-hydrogen) atoms. The molecule has 1 aliphatic carbocycles. The molecule has 0 N–H and O–H groups in total. The van der Waals surface area contributed by atoms with Crippen molar-refractivity contribution in [1.29, 1.82) is 0 Å². The molecule has 112 valence electrons. The van der Waals surface area contributed by atoms with Gasteiger partial charge in [0.15, 0.2) is 16.1 Å². The van der Waals surface area contributed by atoms with Gasteiger partial charge >= 0.3 is 0 Å². The van der Waals surface area contributed by atoms with Gasteiger partial charge in [-0.1, -0.05) is 31.4 Å². The van der Waals surface area contributed by atoms with Crippen molar-refractivity contribution < 1.29 is 13.2 Å². The van der Waals surface area contributed by atoms with Crippen molar-refractivity contribution in [3.8, 4) is 0 Å². The number of rotatable bonds is 6. The number of aromatic nitrogens is 2. The molecule has 0 atom stereocenters. The van der Waals surface area contributed by atoms with Crippen LogP contribution in [0.15, 0.2) is 0 Å². The smallest absolute Gasteiger partial charge is 0.155 e. The molecule has 5 nitrogen and oxygen atoms in total. The normalized spacial score (nSPS) is 16.7. The average molecular weight is 319 g/mol.